The van der Waals surface area contributed by atoms with Crippen molar-refractivity contribution in [1.29, 1.82) is 0 Å². The topological polar surface area (TPSA) is 89.6 Å². The number of halogens is 3. The van der Waals surface area contributed by atoms with Gasteiger partial charge >= 0.3 is 6.36 Å². The van der Waals surface area contributed by atoms with Gasteiger partial charge in [0.2, 0.25) is 0 Å². The molecule has 0 bridgehead atoms. The number of nitrogens with zero attached hydrogens (tertiary/aromatic N) is 1. The first-order valence-corrected chi connectivity index (χ1v) is 8.44. The van der Waals surface area contributed by atoms with Crippen molar-refractivity contribution in [2.45, 2.75) is 6.36 Å². The lowest BCUT2D eigenvalue weighted by atomic mass is 10.2. The molecule has 3 aromatic rings. The molecule has 2 amide bonds. The van der Waals surface area contributed by atoms with Crippen LogP contribution in [0.4, 0.5) is 13.2 Å². The van der Waals surface area contributed by atoms with Gasteiger partial charge in [-0.25, -0.2) is 0 Å². The molecule has 0 spiro atoms. The van der Waals surface area contributed by atoms with Crippen molar-refractivity contribution in [3.8, 4) is 17.2 Å². The van der Waals surface area contributed by atoms with Gasteiger partial charge in [0.25, 0.3) is 11.8 Å². The van der Waals surface area contributed by atoms with E-state index in [0.717, 1.165) is 12.1 Å². The van der Waals surface area contributed by atoms with Crippen LogP contribution in [-0.4, -0.2) is 23.2 Å². The van der Waals surface area contributed by atoms with Gasteiger partial charge in [0, 0.05) is 23.5 Å². The second kappa shape index (κ2) is 8.95. The number of ether oxygens (including phenoxy) is 2. The maximum Gasteiger partial charge on any atom is 0.573 e. The van der Waals surface area contributed by atoms with E-state index in [1.165, 1.54) is 24.3 Å². The van der Waals surface area contributed by atoms with Crippen LogP contribution >= 0.6 is 0 Å². The Labute approximate surface area is 168 Å². The lowest BCUT2D eigenvalue weighted by molar-refractivity contribution is -0.274. The fourth-order valence-electron chi connectivity index (χ4n) is 2.31. The molecule has 0 aliphatic rings. The van der Waals surface area contributed by atoms with Crippen LogP contribution in [0.3, 0.4) is 0 Å². The van der Waals surface area contributed by atoms with E-state index < -0.39 is 23.9 Å². The van der Waals surface area contributed by atoms with Gasteiger partial charge in [-0.1, -0.05) is 6.07 Å². The standard InChI is InChI=1S/C20H14F3N3O4/c21-20(22,23)30-17-3-1-2-14(12-17)19(28)26-25-18(27)13-4-6-15(7-5-13)29-16-8-10-24-11-9-16/h1-12H,(H,25,27)(H,26,28). The number of hydrogen-bond acceptors (Lipinski definition) is 5. The summed E-state index contributed by atoms with van der Waals surface area (Å²) in [6, 6.07) is 13.9. The Kier molecular flexibility index (Phi) is 6.16. The molecule has 1 aromatic heterocycles. The van der Waals surface area contributed by atoms with Crippen LogP contribution in [0.25, 0.3) is 0 Å². The van der Waals surface area contributed by atoms with E-state index in [2.05, 4.69) is 20.6 Å². The predicted molar refractivity (Wildman–Crippen MR) is 98.8 cm³/mol. The third-order valence-corrected chi connectivity index (χ3v) is 3.62. The number of alkyl halides is 3. The fraction of sp³-hybridized carbons (Fsp3) is 0.0500. The number of pyridine rings is 1. The Morgan fingerprint density at radius 1 is 0.767 bits per heavy atom. The molecule has 0 saturated heterocycles. The van der Waals surface area contributed by atoms with Crippen molar-refractivity contribution in [3.63, 3.8) is 0 Å². The van der Waals surface area contributed by atoms with E-state index in [-0.39, 0.29) is 11.1 Å². The smallest absolute Gasteiger partial charge is 0.457 e. The van der Waals surface area contributed by atoms with Crippen LogP contribution in [0.5, 0.6) is 17.2 Å². The van der Waals surface area contributed by atoms with Crippen LogP contribution in [0, 0.1) is 0 Å². The first-order chi connectivity index (χ1) is 14.3. The van der Waals surface area contributed by atoms with Crippen LogP contribution < -0.4 is 20.3 Å². The summed E-state index contributed by atoms with van der Waals surface area (Å²) in [4.78, 5) is 28.1. The van der Waals surface area contributed by atoms with Crippen molar-refractivity contribution >= 4 is 11.8 Å². The van der Waals surface area contributed by atoms with Crippen LogP contribution in [0.1, 0.15) is 20.7 Å². The average molecular weight is 417 g/mol. The molecule has 2 aromatic carbocycles. The Balaban J connectivity index is 1.56. The summed E-state index contributed by atoms with van der Waals surface area (Å²) in [5.74, 6) is -0.921. The van der Waals surface area contributed by atoms with Gasteiger partial charge in [-0.2, -0.15) is 0 Å². The molecule has 10 heteroatoms. The molecule has 1 heterocycles. The molecule has 0 fully saturated rings. The number of carbonyl (C=O) groups is 2. The number of amides is 2. The highest BCUT2D eigenvalue weighted by molar-refractivity contribution is 5.99. The number of hydrogen-bond donors (Lipinski definition) is 2. The highest BCUT2D eigenvalue weighted by Crippen LogP contribution is 2.23. The van der Waals surface area contributed by atoms with Gasteiger partial charge in [0.15, 0.2) is 0 Å². The number of hydrazine groups is 1. The first-order valence-electron chi connectivity index (χ1n) is 8.44. The van der Waals surface area contributed by atoms with Crippen molar-refractivity contribution in [3.05, 3.63) is 84.2 Å². The summed E-state index contributed by atoms with van der Waals surface area (Å²) in [7, 11) is 0. The SMILES string of the molecule is O=C(NNC(=O)c1cccc(OC(F)(F)F)c1)c1ccc(Oc2ccncc2)cc1. The van der Waals surface area contributed by atoms with Crippen LogP contribution in [-0.2, 0) is 0 Å². The summed E-state index contributed by atoms with van der Waals surface area (Å²) in [5.41, 5.74) is 4.41. The van der Waals surface area contributed by atoms with E-state index in [1.807, 2.05) is 0 Å². The molecule has 3 rings (SSSR count). The maximum atomic E-state index is 12.3. The van der Waals surface area contributed by atoms with Crippen molar-refractivity contribution in [2.75, 3.05) is 0 Å². The monoisotopic (exact) mass is 417 g/mol. The van der Waals surface area contributed by atoms with E-state index in [1.54, 1.807) is 36.7 Å². The number of carbonyl (C=O) groups excluding carboxylic acids is 2. The Morgan fingerprint density at radius 3 is 2.00 bits per heavy atom. The third-order valence-electron chi connectivity index (χ3n) is 3.62. The highest BCUT2D eigenvalue weighted by Gasteiger charge is 2.31. The second-order valence-electron chi connectivity index (χ2n) is 5.79. The number of nitrogens with one attached hydrogen (secondary N) is 2. The van der Waals surface area contributed by atoms with E-state index >= 15 is 0 Å². The zero-order valence-corrected chi connectivity index (χ0v) is 15.1. The van der Waals surface area contributed by atoms with Gasteiger partial charge in [-0.3, -0.25) is 25.4 Å². The maximum absolute atomic E-state index is 12.3. The van der Waals surface area contributed by atoms with Crippen LogP contribution in [0.2, 0.25) is 0 Å². The average Bonchev–Trinajstić information content (AvgIpc) is 2.72. The highest BCUT2D eigenvalue weighted by atomic mass is 19.4. The summed E-state index contributed by atoms with van der Waals surface area (Å²) in [6.45, 7) is 0. The molecular formula is C20H14F3N3O4. The summed E-state index contributed by atoms with van der Waals surface area (Å²) >= 11 is 0. The fourth-order valence-corrected chi connectivity index (χ4v) is 2.31. The van der Waals surface area contributed by atoms with Crippen LogP contribution in [0.15, 0.2) is 73.1 Å². The second-order valence-corrected chi connectivity index (χ2v) is 5.79. The molecule has 0 saturated carbocycles. The first kappa shape index (κ1) is 20.6. The molecule has 0 atom stereocenters. The molecule has 0 radical (unpaired) electrons. The largest absolute Gasteiger partial charge is 0.573 e. The quantitative estimate of drug-likeness (QED) is 0.616. The van der Waals surface area contributed by atoms with Gasteiger partial charge in [0.05, 0.1) is 0 Å². The Hall–Kier alpha value is -4.08. The molecule has 154 valence electrons. The minimum Gasteiger partial charge on any atom is -0.457 e. The minimum atomic E-state index is -4.88. The molecule has 0 aliphatic heterocycles. The molecule has 0 unspecified atom stereocenters. The normalized spacial score (nSPS) is 10.8. The van der Waals surface area contributed by atoms with E-state index in [0.29, 0.717) is 11.5 Å². The van der Waals surface area contributed by atoms with Gasteiger partial charge in [0.1, 0.15) is 17.2 Å². The van der Waals surface area contributed by atoms with Crippen molar-refractivity contribution in [1.82, 2.24) is 15.8 Å². The van der Waals surface area contributed by atoms with Crippen molar-refractivity contribution in [2.24, 2.45) is 0 Å². The predicted octanol–water partition coefficient (Wildman–Crippen LogP) is 3.85. The van der Waals surface area contributed by atoms with Gasteiger partial charge < -0.3 is 9.47 Å². The van der Waals surface area contributed by atoms with Crippen molar-refractivity contribution < 1.29 is 32.2 Å². The third kappa shape index (κ3) is 5.96. The molecule has 2 N–H and O–H groups in total. The number of benzene rings is 2. The zero-order valence-electron chi connectivity index (χ0n) is 15.1. The lowest BCUT2D eigenvalue weighted by Gasteiger charge is -2.11. The van der Waals surface area contributed by atoms with E-state index in [9.17, 15) is 22.8 Å². The summed E-state index contributed by atoms with van der Waals surface area (Å²) in [5, 5.41) is 0. The molecular weight excluding hydrogens is 403 g/mol. The van der Waals surface area contributed by atoms with E-state index in [4.69, 9.17) is 4.74 Å². The zero-order chi connectivity index (χ0) is 21.6. The molecule has 7 nitrogen and oxygen atoms in total. The Bertz CT molecular complexity index is 1030. The van der Waals surface area contributed by atoms with Gasteiger partial charge in [-0.15, -0.1) is 13.2 Å². The van der Waals surface area contributed by atoms with Gasteiger partial charge in [-0.05, 0) is 54.6 Å². The summed E-state index contributed by atoms with van der Waals surface area (Å²) in [6.07, 6.45) is -1.73. The Morgan fingerprint density at radius 2 is 1.37 bits per heavy atom. The molecule has 30 heavy (non-hydrogen) atoms. The number of rotatable bonds is 5. The lowest BCUT2D eigenvalue weighted by Crippen LogP contribution is -2.41. The number of aromatic nitrogens is 1. The molecule has 0 aliphatic carbocycles. The summed E-state index contributed by atoms with van der Waals surface area (Å²) < 4.78 is 46.2. The minimum absolute atomic E-state index is 0.127.